The van der Waals surface area contributed by atoms with Gasteiger partial charge in [-0.15, -0.1) is 0 Å². The fourth-order valence-corrected chi connectivity index (χ4v) is 3.05. The summed E-state index contributed by atoms with van der Waals surface area (Å²) in [6, 6.07) is 17.7. The Morgan fingerprint density at radius 2 is 1.96 bits per heavy atom. The molecule has 2 amide bonds. The smallest absolute Gasteiger partial charge is 0.319 e. The Kier molecular flexibility index (Phi) is 5.07. The summed E-state index contributed by atoms with van der Waals surface area (Å²) in [5, 5.41) is 5.69. The number of amides is 2. The van der Waals surface area contributed by atoms with Gasteiger partial charge in [0.1, 0.15) is 12.4 Å². The van der Waals surface area contributed by atoms with Crippen molar-refractivity contribution in [3.8, 4) is 5.75 Å². The zero-order valence-corrected chi connectivity index (χ0v) is 14.9. The minimum Gasteiger partial charge on any atom is -0.492 e. The van der Waals surface area contributed by atoms with Crippen LogP contribution in [0, 0.1) is 5.92 Å². The van der Waals surface area contributed by atoms with Gasteiger partial charge in [-0.1, -0.05) is 30.3 Å². The van der Waals surface area contributed by atoms with Crippen molar-refractivity contribution in [2.75, 3.05) is 25.0 Å². The van der Waals surface area contributed by atoms with E-state index in [1.54, 1.807) is 0 Å². The van der Waals surface area contributed by atoms with E-state index in [1.807, 2.05) is 54.6 Å². The number of anilines is 1. The first-order chi connectivity index (χ1) is 12.8. The summed E-state index contributed by atoms with van der Waals surface area (Å²) in [6.07, 6.45) is 2.80. The second kappa shape index (κ2) is 7.79. The standard InChI is InChI=1S/C21H25N3O2/c25-21(23-18-6-2-1-3-7-18)22-12-17-5-4-8-20(11-17)26-15-19-14-24(19)13-16-9-10-16/h1-8,11,16,19H,9-10,12-15H2,(H2,22,23,25). The maximum absolute atomic E-state index is 12.0. The average molecular weight is 351 g/mol. The molecule has 26 heavy (non-hydrogen) atoms. The van der Waals surface area contributed by atoms with Gasteiger partial charge in [0.2, 0.25) is 0 Å². The van der Waals surface area contributed by atoms with E-state index in [0.717, 1.165) is 36.1 Å². The largest absolute Gasteiger partial charge is 0.492 e. The number of urea groups is 1. The van der Waals surface area contributed by atoms with Crippen LogP contribution in [-0.4, -0.2) is 36.7 Å². The quantitative estimate of drug-likeness (QED) is 0.716. The summed E-state index contributed by atoms with van der Waals surface area (Å²) in [5.74, 6) is 1.81. The minimum atomic E-state index is -0.212. The highest BCUT2D eigenvalue weighted by atomic mass is 16.5. The van der Waals surface area contributed by atoms with Crippen LogP contribution < -0.4 is 15.4 Å². The molecule has 136 valence electrons. The van der Waals surface area contributed by atoms with Crippen LogP contribution >= 0.6 is 0 Å². The number of nitrogens with one attached hydrogen (secondary N) is 2. The minimum absolute atomic E-state index is 0.212. The highest BCUT2D eigenvalue weighted by molar-refractivity contribution is 5.89. The lowest BCUT2D eigenvalue weighted by Crippen LogP contribution is -2.28. The summed E-state index contributed by atoms with van der Waals surface area (Å²) in [4.78, 5) is 14.5. The fraction of sp³-hybridized carbons (Fsp3) is 0.381. The number of carbonyl (C=O) groups is 1. The monoisotopic (exact) mass is 351 g/mol. The Balaban J connectivity index is 1.20. The lowest BCUT2D eigenvalue weighted by molar-refractivity contribution is 0.251. The first-order valence-corrected chi connectivity index (χ1v) is 9.32. The van der Waals surface area contributed by atoms with Crippen molar-refractivity contribution in [2.45, 2.75) is 25.4 Å². The summed E-state index contributed by atoms with van der Waals surface area (Å²) >= 11 is 0. The Hall–Kier alpha value is -2.53. The summed E-state index contributed by atoms with van der Waals surface area (Å²) in [7, 11) is 0. The molecule has 5 heteroatoms. The molecule has 0 bridgehead atoms. The molecule has 2 fully saturated rings. The third kappa shape index (κ3) is 4.99. The number of carbonyl (C=O) groups excluding carboxylic acids is 1. The number of rotatable bonds is 8. The molecule has 0 radical (unpaired) electrons. The van der Waals surface area contributed by atoms with Crippen LogP contribution in [0.2, 0.25) is 0 Å². The van der Waals surface area contributed by atoms with Crippen LogP contribution in [0.4, 0.5) is 10.5 Å². The van der Waals surface area contributed by atoms with E-state index in [2.05, 4.69) is 15.5 Å². The highest BCUT2D eigenvalue weighted by Gasteiger charge is 2.38. The normalized spacial score (nSPS) is 21.1. The topological polar surface area (TPSA) is 53.4 Å². The lowest BCUT2D eigenvalue weighted by Gasteiger charge is -2.10. The highest BCUT2D eigenvalue weighted by Crippen LogP contribution is 2.33. The van der Waals surface area contributed by atoms with E-state index in [1.165, 1.54) is 19.4 Å². The Morgan fingerprint density at radius 1 is 1.12 bits per heavy atom. The lowest BCUT2D eigenvalue weighted by atomic mass is 10.2. The molecule has 5 nitrogen and oxygen atoms in total. The van der Waals surface area contributed by atoms with E-state index < -0.39 is 0 Å². The molecule has 2 aromatic carbocycles. The molecule has 1 saturated carbocycles. The van der Waals surface area contributed by atoms with Crippen molar-refractivity contribution in [1.29, 1.82) is 0 Å². The predicted molar refractivity (Wildman–Crippen MR) is 102 cm³/mol. The number of hydrogen-bond acceptors (Lipinski definition) is 3. The van der Waals surface area contributed by atoms with Crippen LogP contribution in [0.5, 0.6) is 5.75 Å². The third-order valence-electron chi connectivity index (χ3n) is 4.84. The molecular formula is C21H25N3O2. The number of nitrogens with zero attached hydrogens (tertiary/aromatic N) is 1. The number of hydrogen-bond donors (Lipinski definition) is 2. The zero-order chi connectivity index (χ0) is 17.8. The van der Waals surface area contributed by atoms with Gasteiger partial charge in [-0.3, -0.25) is 4.90 Å². The van der Waals surface area contributed by atoms with Crippen molar-refractivity contribution in [2.24, 2.45) is 5.92 Å². The summed E-state index contributed by atoms with van der Waals surface area (Å²) in [5.41, 5.74) is 1.80. The first kappa shape index (κ1) is 16.9. The second-order valence-corrected chi connectivity index (χ2v) is 7.18. The predicted octanol–water partition coefficient (Wildman–Crippen LogP) is 3.48. The van der Waals surface area contributed by atoms with Crippen LogP contribution in [0.1, 0.15) is 18.4 Å². The zero-order valence-electron chi connectivity index (χ0n) is 14.9. The molecule has 0 spiro atoms. The molecule has 1 heterocycles. The van der Waals surface area contributed by atoms with Crippen molar-refractivity contribution < 1.29 is 9.53 Å². The molecule has 0 aromatic heterocycles. The molecule has 1 aliphatic carbocycles. The average Bonchev–Trinajstić information content (AvgIpc) is 3.59. The van der Waals surface area contributed by atoms with Crippen LogP contribution in [0.3, 0.4) is 0 Å². The van der Waals surface area contributed by atoms with Crippen LogP contribution in [0.25, 0.3) is 0 Å². The fourth-order valence-electron chi connectivity index (χ4n) is 3.05. The molecule has 1 aliphatic heterocycles. The van der Waals surface area contributed by atoms with E-state index in [9.17, 15) is 4.79 Å². The van der Waals surface area contributed by atoms with Gasteiger partial charge >= 0.3 is 6.03 Å². The molecule has 1 saturated heterocycles. The maximum Gasteiger partial charge on any atom is 0.319 e. The molecule has 4 rings (SSSR count). The van der Waals surface area contributed by atoms with E-state index >= 15 is 0 Å². The van der Waals surface area contributed by atoms with E-state index in [0.29, 0.717) is 12.6 Å². The Bertz CT molecular complexity index is 746. The van der Waals surface area contributed by atoms with Crippen molar-refractivity contribution in [3.63, 3.8) is 0 Å². The maximum atomic E-state index is 12.0. The van der Waals surface area contributed by atoms with Gasteiger partial charge in [0.15, 0.2) is 0 Å². The van der Waals surface area contributed by atoms with Gasteiger partial charge in [-0.25, -0.2) is 4.79 Å². The van der Waals surface area contributed by atoms with E-state index in [-0.39, 0.29) is 6.03 Å². The number of benzene rings is 2. The van der Waals surface area contributed by atoms with Crippen LogP contribution in [0.15, 0.2) is 54.6 Å². The number of ether oxygens (including phenoxy) is 1. The Morgan fingerprint density at radius 3 is 2.77 bits per heavy atom. The molecular weight excluding hydrogens is 326 g/mol. The van der Waals surface area contributed by atoms with Crippen molar-refractivity contribution >= 4 is 11.7 Å². The van der Waals surface area contributed by atoms with Gasteiger partial charge < -0.3 is 15.4 Å². The van der Waals surface area contributed by atoms with Gasteiger partial charge in [0, 0.05) is 25.3 Å². The third-order valence-corrected chi connectivity index (χ3v) is 4.84. The van der Waals surface area contributed by atoms with Crippen molar-refractivity contribution in [3.05, 3.63) is 60.2 Å². The van der Waals surface area contributed by atoms with Gasteiger partial charge in [0.05, 0.1) is 6.04 Å². The van der Waals surface area contributed by atoms with Gasteiger partial charge in [0.25, 0.3) is 0 Å². The number of para-hydroxylation sites is 1. The second-order valence-electron chi connectivity index (χ2n) is 7.18. The molecule has 2 unspecified atom stereocenters. The molecule has 2 aromatic rings. The summed E-state index contributed by atoms with van der Waals surface area (Å²) < 4.78 is 5.94. The van der Waals surface area contributed by atoms with Gasteiger partial charge in [-0.2, -0.15) is 0 Å². The first-order valence-electron chi connectivity index (χ1n) is 9.32. The van der Waals surface area contributed by atoms with Gasteiger partial charge in [-0.05, 0) is 48.6 Å². The molecule has 2 atom stereocenters. The molecule has 2 N–H and O–H groups in total. The summed E-state index contributed by atoms with van der Waals surface area (Å²) in [6.45, 7) is 3.62. The van der Waals surface area contributed by atoms with Crippen molar-refractivity contribution in [1.82, 2.24) is 10.2 Å². The Labute approximate surface area is 154 Å². The SMILES string of the molecule is O=C(NCc1cccc(OCC2CN2CC2CC2)c1)Nc1ccccc1. The van der Waals surface area contributed by atoms with E-state index in [4.69, 9.17) is 4.74 Å². The molecule has 2 aliphatic rings. The van der Waals surface area contributed by atoms with Crippen LogP contribution in [-0.2, 0) is 6.54 Å².